The fraction of sp³-hybridized carbons (Fsp3) is 0.882. The summed E-state index contributed by atoms with van der Waals surface area (Å²) in [6.07, 6.45) is 4.14. The first-order valence-corrected chi connectivity index (χ1v) is 8.50. The third kappa shape index (κ3) is 4.22. The number of aliphatic carboxylic acids is 1. The average molecular weight is 311 g/mol. The van der Waals surface area contributed by atoms with Crippen LogP contribution in [0.25, 0.3) is 0 Å². The molecule has 1 saturated heterocycles. The summed E-state index contributed by atoms with van der Waals surface area (Å²) >= 11 is 0. The van der Waals surface area contributed by atoms with Gasteiger partial charge in [0.05, 0.1) is 12.0 Å². The van der Waals surface area contributed by atoms with Crippen molar-refractivity contribution < 1.29 is 19.4 Å². The summed E-state index contributed by atoms with van der Waals surface area (Å²) in [5, 5.41) is 9.00. The lowest BCUT2D eigenvalue weighted by Gasteiger charge is -2.37. The van der Waals surface area contributed by atoms with Crippen molar-refractivity contribution in [3.05, 3.63) is 0 Å². The minimum atomic E-state index is -0.808. The molecule has 22 heavy (non-hydrogen) atoms. The number of carboxylic acid groups (broad SMARTS) is 1. The number of carboxylic acids is 1. The molecule has 0 spiro atoms. The molecule has 4 unspecified atom stereocenters. The van der Waals surface area contributed by atoms with Gasteiger partial charge in [-0.05, 0) is 37.0 Å². The van der Waals surface area contributed by atoms with Crippen molar-refractivity contribution >= 4 is 11.9 Å². The Bertz CT molecular complexity index is 409. The van der Waals surface area contributed by atoms with E-state index in [1.807, 2.05) is 0 Å². The van der Waals surface area contributed by atoms with Gasteiger partial charge in [-0.15, -0.1) is 0 Å². The Morgan fingerprint density at radius 1 is 1.27 bits per heavy atom. The van der Waals surface area contributed by atoms with Gasteiger partial charge in [0.1, 0.15) is 6.61 Å². The number of carbonyl (C=O) groups is 2. The minimum Gasteiger partial charge on any atom is -0.481 e. The van der Waals surface area contributed by atoms with E-state index >= 15 is 0 Å². The second-order valence-electron chi connectivity index (χ2n) is 7.34. The van der Waals surface area contributed by atoms with Crippen LogP contribution >= 0.6 is 0 Å². The van der Waals surface area contributed by atoms with Crippen molar-refractivity contribution in [3.63, 3.8) is 0 Å². The first-order valence-electron chi connectivity index (χ1n) is 8.50. The molecule has 5 nitrogen and oxygen atoms in total. The number of ether oxygens (including phenoxy) is 1. The lowest BCUT2D eigenvalue weighted by atomic mass is 9.75. The fourth-order valence-corrected chi connectivity index (χ4v) is 3.76. The standard InChI is InChI=1S/C17H29NO4/c1-11(2)14-5-4-12(3)8-15(14)22-10-16(19)18-7-6-13(9-18)17(20)21/h11-15H,4-10H2,1-3H3,(H,20,21). The minimum absolute atomic E-state index is 0.0653. The third-order valence-electron chi connectivity index (χ3n) is 5.27. The zero-order valence-electron chi connectivity index (χ0n) is 14.0. The summed E-state index contributed by atoms with van der Waals surface area (Å²) in [5.41, 5.74) is 0. The smallest absolute Gasteiger partial charge is 0.308 e. The maximum absolute atomic E-state index is 12.2. The topological polar surface area (TPSA) is 66.8 Å². The van der Waals surface area contributed by atoms with Crippen LogP contribution < -0.4 is 0 Å². The van der Waals surface area contributed by atoms with Gasteiger partial charge in [0.2, 0.25) is 5.91 Å². The van der Waals surface area contributed by atoms with E-state index in [0.717, 1.165) is 6.42 Å². The molecular formula is C17H29NO4. The van der Waals surface area contributed by atoms with Gasteiger partial charge < -0.3 is 14.7 Å². The molecule has 1 heterocycles. The van der Waals surface area contributed by atoms with E-state index in [2.05, 4.69) is 20.8 Å². The van der Waals surface area contributed by atoms with Crippen LogP contribution in [0.3, 0.4) is 0 Å². The van der Waals surface area contributed by atoms with Gasteiger partial charge in [0.15, 0.2) is 0 Å². The van der Waals surface area contributed by atoms with Gasteiger partial charge in [0.25, 0.3) is 0 Å². The van der Waals surface area contributed by atoms with Gasteiger partial charge in [-0.1, -0.05) is 27.2 Å². The summed E-state index contributed by atoms with van der Waals surface area (Å²) in [6.45, 7) is 7.63. The number of hydrogen-bond acceptors (Lipinski definition) is 3. The van der Waals surface area contributed by atoms with Crippen LogP contribution in [0.5, 0.6) is 0 Å². The predicted molar refractivity (Wildman–Crippen MR) is 83.4 cm³/mol. The molecule has 126 valence electrons. The normalized spacial score (nSPS) is 32.5. The first-order chi connectivity index (χ1) is 10.4. The Kier molecular flexibility index (Phi) is 5.84. The summed E-state index contributed by atoms with van der Waals surface area (Å²) in [5.74, 6) is 0.451. The number of rotatable bonds is 5. The van der Waals surface area contributed by atoms with E-state index in [4.69, 9.17) is 9.84 Å². The Morgan fingerprint density at radius 3 is 2.59 bits per heavy atom. The van der Waals surface area contributed by atoms with Crippen molar-refractivity contribution in [2.24, 2.45) is 23.7 Å². The first kappa shape index (κ1) is 17.3. The molecule has 1 N–H and O–H groups in total. The van der Waals surface area contributed by atoms with E-state index in [-0.39, 0.29) is 18.6 Å². The largest absolute Gasteiger partial charge is 0.481 e. The molecular weight excluding hydrogens is 282 g/mol. The zero-order valence-corrected chi connectivity index (χ0v) is 14.0. The molecule has 0 aromatic heterocycles. The van der Waals surface area contributed by atoms with Gasteiger partial charge in [-0.2, -0.15) is 0 Å². The van der Waals surface area contributed by atoms with Crippen LogP contribution in [0.15, 0.2) is 0 Å². The molecule has 1 amide bonds. The number of nitrogens with zero attached hydrogens (tertiary/aromatic N) is 1. The van der Waals surface area contributed by atoms with Gasteiger partial charge in [-0.3, -0.25) is 9.59 Å². The van der Waals surface area contributed by atoms with E-state index in [1.54, 1.807) is 4.90 Å². The van der Waals surface area contributed by atoms with Crippen molar-refractivity contribution in [1.82, 2.24) is 4.90 Å². The maximum Gasteiger partial charge on any atom is 0.308 e. The number of likely N-dealkylation sites (tertiary alicyclic amines) is 1. The third-order valence-corrected chi connectivity index (χ3v) is 5.27. The highest BCUT2D eigenvalue weighted by Gasteiger charge is 2.34. The van der Waals surface area contributed by atoms with Gasteiger partial charge in [0, 0.05) is 13.1 Å². The Labute approximate surface area is 133 Å². The Balaban J connectivity index is 1.83. The van der Waals surface area contributed by atoms with E-state index < -0.39 is 11.9 Å². The second-order valence-corrected chi connectivity index (χ2v) is 7.34. The van der Waals surface area contributed by atoms with Crippen LogP contribution in [0.2, 0.25) is 0 Å². The molecule has 1 aliphatic heterocycles. The van der Waals surface area contributed by atoms with Crippen LogP contribution in [0.4, 0.5) is 0 Å². The molecule has 2 fully saturated rings. The quantitative estimate of drug-likeness (QED) is 0.846. The van der Waals surface area contributed by atoms with E-state index in [9.17, 15) is 9.59 Å². The second kappa shape index (κ2) is 7.44. The summed E-state index contributed by atoms with van der Waals surface area (Å²) in [4.78, 5) is 24.8. The Morgan fingerprint density at radius 2 is 2.00 bits per heavy atom. The highest BCUT2D eigenvalue weighted by molar-refractivity contribution is 5.79. The summed E-state index contributed by atoms with van der Waals surface area (Å²) in [7, 11) is 0. The van der Waals surface area contributed by atoms with Crippen molar-refractivity contribution in [1.29, 1.82) is 0 Å². The van der Waals surface area contributed by atoms with Crippen molar-refractivity contribution in [2.75, 3.05) is 19.7 Å². The molecule has 4 atom stereocenters. The molecule has 0 aromatic carbocycles. The van der Waals surface area contributed by atoms with Crippen LogP contribution in [-0.4, -0.2) is 47.7 Å². The molecule has 2 aliphatic rings. The molecule has 5 heteroatoms. The lowest BCUT2D eigenvalue weighted by molar-refractivity contribution is -0.143. The van der Waals surface area contributed by atoms with E-state index in [1.165, 1.54) is 12.8 Å². The number of hydrogen-bond donors (Lipinski definition) is 1. The number of carbonyl (C=O) groups excluding carboxylic acids is 1. The molecule has 1 aliphatic carbocycles. The van der Waals surface area contributed by atoms with Crippen LogP contribution in [-0.2, 0) is 14.3 Å². The van der Waals surface area contributed by atoms with Gasteiger partial charge >= 0.3 is 5.97 Å². The monoisotopic (exact) mass is 311 g/mol. The molecule has 2 rings (SSSR count). The zero-order chi connectivity index (χ0) is 16.3. The highest BCUT2D eigenvalue weighted by atomic mass is 16.5. The summed E-state index contributed by atoms with van der Waals surface area (Å²) < 4.78 is 5.96. The molecule has 0 bridgehead atoms. The lowest BCUT2D eigenvalue weighted by Crippen LogP contribution is -2.39. The highest BCUT2D eigenvalue weighted by Crippen LogP contribution is 2.35. The van der Waals surface area contributed by atoms with Crippen molar-refractivity contribution in [3.8, 4) is 0 Å². The Hall–Kier alpha value is -1.10. The fourth-order valence-electron chi connectivity index (χ4n) is 3.76. The SMILES string of the molecule is CC1CCC(C(C)C)C(OCC(=O)N2CCC(C(=O)O)C2)C1. The average Bonchev–Trinajstić information content (AvgIpc) is 2.94. The van der Waals surface area contributed by atoms with E-state index in [0.29, 0.717) is 37.3 Å². The van der Waals surface area contributed by atoms with Crippen molar-refractivity contribution in [2.45, 2.75) is 52.6 Å². The van der Waals surface area contributed by atoms with Crippen LogP contribution in [0, 0.1) is 23.7 Å². The number of amides is 1. The van der Waals surface area contributed by atoms with Crippen LogP contribution in [0.1, 0.15) is 46.5 Å². The predicted octanol–water partition coefficient (Wildman–Crippen LogP) is 2.40. The molecule has 0 radical (unpaired) electrons. The maximum atomic E-state index is 12.2. The molecule has 0 aromatic rings. The summed E-state index contributed by atoms with van der Waals surface area (Å²) in [6, 6.07) is 0. The van der Waals surface area contributed by atoms with Gasteiger partial charge in [-0.25, -0.2) is 0 Å². The molecule has 1 saturated carbocycles.